The van der Waals surface area contributed by atoms with Gasteiger partial charge in [0.05, 0.1) is 10.5 Å². The standard InChI is InChI=1S/C14H13N3O5S/c1-14(2)5-3-4-8-10(6-14)23(21,22)17(12(8)19)9-7-15-13(20)16-11(9)18/h3-7H,1-2H3,(H2,15,16,18,20). The molecular formula is C14H13N3O5S. The van der Waals surface area contributed by atoms with Gasteiger partial charge in [0, 0.05) is 11.6 Å². The topological polar surface area (TPSA) is 120 Å². The smallest absolute Gasteiger partial charge is 0.312 e. The van der Waals surface area contributed by atoms with E-state index in [0.29, 0.717) is 4.31 Å². The van der Waals surface area contributed by atoms with Crippen LogP contribution in [0.1, 0.15) is 13.8 Å². The molecule has 1 fully saturated rings. The monoisotopic (exact) mass is 335 g/mol. The molecule has 0 bridgehead atoms. The highest BCUT2D eigenvalue weighted by Crippen LogP contribution is 2.39. The molecule has 0 aromatic carbocycles. The van der Waals surface area contributed by atoms with Gasteiger partial charge in [0.15, 0.2) is 0 Å². The Morgan fingerprint density at radius 2 is 1.87 bits per heavy atom. The molecule has 0 saturated carbocycles. The molecule has 1 aromatic heterocycles. The molecule has 2 heterocycles. The Kier molecular flexibility index (Phi) is 3.08. The largest absolute Gasteiger partial charge is 0.325 e. The number of nitrogens with zero attached hydrogens (tertiary/aromatic N) is 1. The molecule has 2 aliphatic rings. The van der Waals surface area contributed by atoms with Gasteiger partial charge in [-0.1, -0.05) is 32.1 Å². The van der Waals surface area contributed by atoms with E-state index >= 15 is 0 Å². The van der Waals surface area contributed by atoms with E-state index in [1.165, 1.54) is 12.2 Å². The third kappa shape index (κ3) is 2.29. The summed E-state index contributed by atoms with van der Waals surface area (Å²) in [7, 11) is -4.23. The van der Waals surface area contributed by atoms with Crippen molar-refractivity contribution in [3.63, 3.8) is 0 Å². The quantitative estimate of drug-likeness (QED) is 0.756. The maximum atomic E-state index is 12.7. The molecule has 0 radical (unpaired) electrons. The highest BCUT2D eigenvalue weighted by molar-refractivity contribution is 7.98. The predicted molar refractivity (Wildman–Crippen MR) is 83.2 cm³/mol. The van der Waals surface area contributed by atoms with Crippen molar-refractivity contribution in [3.05, 3.63) is 61.8 Å². The molecule has 1 amide bonds. The molecule has 1 aliphatic heterocycles. The average Bonchev–Trinajstić information content (AvgIpc) is 2.56. The summed E-state index contributed by atoms with van der Waals surface area (Å²) in [6, 6.07) is 0. The molecule has 0 unspecified atom stereocenters. The fraction of sp³-hybridized carbons (Fsp3) is 0.214. The highest BCUT2D eigenvalue weighted by atomic mass is 32.2. The molecule has 9 heteroatoms. The van der Waals surface area contributed by atoms with Crippen LogP contribution in [0.3, 0.4) is 0 Å². The molecule has 2 N–H and O–H groups in total. The van der Waals surface area contributed by atoms with Crippen LogP contribution < -0.4 is 15.6 Å². The summed E-state index contributed by atoms with van der Waals surface area (Å²) < 4.78 is 25.9. The number of fused-ring (bicyclic) bond motifs is 1. The maximum Gasteiger partial charge on any atom is 0.325 e. The van der Waals surface area contributed by atoms with Crippen molar-refractivity contribution in [2.75, 3.05) is 4.31 Å². The Morgan fingerprint density at radius 1 is 1.17 bits per heavy atom. The number of rotatable bonds is 1. The van der Waals surface area contributed by atoms with Crippen LogP contribution in [0.5, 0.6) is 0 Å². The lowest BCUT2D eigenvalue weighted by molar-refractivity contribution is -0.113. The molecular weight excluding hydrogens is 322 g/mol. The second-order valence-electron chi connectivity index (χ2n) is 5.80. The van der Waals surface area contributed by atoms with E-state index in [1.54, 1.807) is 26.0 Å². The summed E-state index contributed by atoms with van der Waals surface area (Å²) in [5.74, 6) is -0.837. The summed E-state index contributed by atoms with van der Waals surface area (Å²) in [6.07, 6.45) is 7.15. The number of carbonyl (C=O) groups excluding carboxylic acids is 1. The second kappa shape index (κ2) is 4.66. The number of allylic oxidation sites excluding steroid dienone is 4. The number of aromatic nitrogens is 2. The van der Waals surface area contributed by atoms with Crippen LogP contribution in [0.4, 0.5) is 5.69 Å². The van der Waals surface area contributed by atoms with Crippen LogP contribution >= 0.6 is 0 Å². The van der Waals surface area contributed by atoms with E-state index in [-0.39, 0.29) is 10.5 Å². The van der Waals surface area contributed by atoms with Gasteiger partial charge in [-0.3, -0.25) is 14.6 Å². The number of sulfonamides is 1. The van der Waals surface area contributed by atoms with Gasteiger partial charge in [-0.05, 0) is 6.08 Å². The summed E-state index contributed by atoms with van der Waals surface area (Å²) >= 11 is 0. The van der Waals surface area contributed by atoms with Crippen molar-refractivity contribution >= 4 is 21.6 Å². The van der Waals surface area contributed by atoms with E-state index in [2.05, 4.69) is 4.98 Å². The molecule has 1 aromatic rings. The third-order valence-electron chi connectivity index (χ3n) is 3.51. The number of H-pyrrole nitrogens is 2. The number of anilines is 1. The molecule has 8 nitrogen and oxygen atoms in total. The summed E-state index contributed by atoms with van der Waals surface area (Å²) in [5, 5.41) is 0. The fourth-order valence-corrected chi connectivity index (χ4v) is 4.23. The minimum atomic E-state index is -4.23. The van der Waals surface area contributed by atoms with Crippen LogP contribution in [0.15, 0.2) is 50.6 Å². The number of hydrogen-bond acceptors (Lipinski definition) is 5. The lowest BCUT2D eigenvalue weighted by Crippen LogP contribution is -2.36. The minimum absolute atomic E-state index is 0.0163. The highest BCUT2D eigenvalue weighted by Gasteiger charge is 2.47. The van der Waals surface area contributed by atoms with Gasteiger partial charge >= 0.3 is 5.69 Å². The molecule has 120 valence electrons. The van der Waals surface area contributed by atoms with Gasteiger partial charge in [-0.2, -0.15) is 4.31 Å². The Morgan fingerprint density at radius 3 is 2.52 bits per heavy atom. The third-order valence-corrected chi connectivity index (χ3v) is 5.25. The van der Waals surface area contributed by atoms with E-state index in [1.807, 2.05) is 4.98 Å². The maximum absolute atomic E-state index is 12.7. The van der Waals surface area contributed by atoms with Crippen LogP contribution in [-0.4, -0.2) is 24.3 Å². The fourth-order valence-electron chi connectivity index (χ4n) is 2.44. The van der Waals surface area contributed by atoms with Crippen molar-refractivity contribution in [3.8, 4) is 0 Å². The first-order valence-corrected chi connectivity index (χ1v) is 8.12. The average molecular weight is 335 g/mol. The van der Waals surface area contributed by atoms with Crippen LogP contribution in [0.2, 0.25) is 0 Å². The lowest BCUT2D eigenvalue weighted by atomic mass is 9.93. The number of hydrogen-bond donors (Lipinski definition) is 2. The van der Waals surface area contributed by atoms with E-state index < -0.39 is 38.3 Å². The first-order chi connectivity index (χ1) is 10.6. The predicted octanol–water partition coefficient (Wildman–Crippen LogP) is 0.146. The zero-order valence-electron chi connectivity index (χ0n) is 12.3. The van der Waals surface area contributed by atoms with Gasteiger partial charge < -0.3 is 4.98 Å². The Balaban J connectivity index is 2.29. The van der Waals surface area contributed by atoms with Crippen LogP contribution in [0.25, 0.3) is 0 Å². The Hall–Kier alpha value is -2.68. The molecule has 1 saturated heterocycles. The van der Waals surface area contributed by atoms with E-state index in [4.69, 9.17) is 0 Å². The number of aromatic amines is 2. The Bertz CT molecular complexity index is 1020. The molecule has 1 aliphatic carbocycles. The summed E-state index contributed by atoms with van der Waals surface area (Å²) in [4.78, 5) is 39.4. The normalized spacial score (nSPS) is 21.5. The summed E-state index contributed by atoms with van der Waals surface area (Å²) in [5.41, 5.74) is -2.80. The SMILES string of the molecule is CC1(C)C=CC=C2C(=O)N(c3c[nH]c(=O)[nH]c3=O)S(=O)(=O)C2=C1. The molecule has 3 rings (SSSR count). The molecule has 0 spiro atoms. The van der Waals surface area contributed by atoms with Crippen molar-refractivity contribution < 1.29 is 13.2 Å². The van der Waals surface area contributed by atoms with Gasteiger partial charge in [0.2, 0.25) is 0 Å². The van der Waals surface area contributed by atoms with Crippen molar-refractivity contribution in [1.82, 2.24) is 9.97 Å². The second-order valence-corrected chi connectivity index (χ2v) is 7.56. The van der Waals surface area contributed by atoms with Gasteiger partial charge in [0.1, 0.15) is 5.69 Å². The zero-order valence-corrected chi connectivity index (χ0v) is 13.1. The van der Waals surface area contributed by atoms with E-state index in [9.17, 15) is 22.8 Å². The molecule has 23 heavy (non-hydrogen) atoms. The molecule has 0 atom stereocenters. The zero-order chi connectivity index (χ0) is 17.0. The number of amides is 1. The van der Waals surface area contributed by atoms with Gasteiger partial charge in [-0.15, -0.1) is 0 Å². The van der Waals surface area contributed by atoms with Crippen molar-refractivity contribution in [2.45, 2.75) is 13.8 Å². The summed E-state index contributed by atoms with van der Waals surface area (Å²) in [6.45, 7) is 3.59. The van der Waals surface area contributed by atoms with Crippen molar-refractivity contribution in [2.24, 2.45) is 5.41 Å². The first-order valence-electron chi connectivity index (χ1n) is 6.68. The Labute approximate surface area is 130 Å². The van der Waals surface area contributed by atoms with Gasteiger partial charge in [0.25, 0.3) is 21.5 Å². The lowest BCUT2D eigenvalue weighted by Gasteiger charge is -2.16. The minimum Gasteiger partial charge on any atom is -0.312 e. The van der Waals surface area contributed by atoms with Crippen LogP contribution in [0, 0.1) is 5.41 Å². The van der Waals surface area contributed by atoms with E-state index in [0.717, 1.165) is 6.20 Å². The van der Waals surface area contributed by atoms with Crippen LogP contribution in [-0.2, 0) is 14.8 Å². The van der Waals surface area contributed by atoms with Gasteiger partial charge in [-0.25, -0.2) is 13.2 Å². The first kappa shape index (κ1) is 15.2. The number of carbonyl (C=O) groups is 1. The van der Waals surface area contributed by atoms with Crippen molar-refractivity contribution in [1.29, 1.82) is 0 Å². The number of nitrogens with one attached hydrogen (secondary N) is 2.